The molecule has 0 fully saturated rings. The summed E-state index contributed by atoms with van der Waals surface area (Å²) in [4.78, 5) is 0. The third-order valence-electron chi connectivity index (χ3n) is 20.4. The molecule has 4 aliphatic heterocycles. The molecule has 4 aliphatic rings. The van der Waals surface area contributed by atoms with Crippen LogP contribution < -0.4 is 50.8 Å². The van der Waals surface area contributed by atoms with Crippen LogP contribution in [0.1, 0.15) is 0 Å². The van der Waals surface area contributed by atoms with Gasteiger partial charge in [0.25, 0.3) is 0 Å². The summed E-state index contributed by atoms with van der Waals surface area (Å²) < 4.78 is 70.5. The maximum Gasteiger partial charge on any atom is 0.185 e. The van der Waals surface area contributed by atoms with Crippen LogP contribution in [-0.2, 0) is 9.13 Å². The molecule has 12 heteroatoms. The topological polar surface area (TPSA) is 90.8 Å². The van der Waals surface area contributed by atoms with Gasteiger partial charge in [0.1, 0.15) is 45.1 Å². The van der Waals surface area contributed by atoms with Crippen LogP contribution >= 0.6 is 14.3 Å². The van der Waals surface area contributed by atoms with Gasteiger partial charge in [-0.3, -0.25) is 0 Å². The number of hydrogen-bond acceptors (Lipinski definition) is 6. The van der Waals surface area contributed by atoms with Crippen LogP contribution in [0.3, 0.4) is 0 Å². The smallest absolute Gasteiger partial charge is 0.185 e. The largest absolute Gasteiger partial charge is 0.456 e. The molecular formula is C84H48N4O6P2. The van der Waals surface area contributed by atoms with Crippen LogP contribution in [0.5, 0.6) is 46.0 Å². The van der Waals surface area contributed by atoms with Crippen LogP contribution in [-0.4, -0.2) is 18.3 Å². The van der Waals surface area contributed by atoms with Crippen LogP contribution in [0.2, 0.25) is 0 Å². The fraction of sp³-hybridized carbons (Fsp3) is 0. The van der Waals surface area contributed by atoms with E-state index in [4.69, 9.17) is 18.9 Å². The van der Waals surface area contributed by atoms with Crippen molar-refractivity contribution in [2.75, 3.05) is 0 Å². The lowest BCUT2D eigenvalue weighted by Gasteiger charge is -2.36. The highest BCUT2D eigenvalue weighted by Gasteiger charge is 2.50. The Balaban J connectivity index is 0.694. The monoisotopic (exact) mass is 1270 g/mol. The van der Waals surface area contributed by atoms with Crippen molar-refractivity contribution in [1.29, 1.82) is 0 Å². The molecule has 0 spiro atoms. The van der Waals surface area contributed by atoms with Gasteiger partial charge in [-0.05, 0) is 139 Å². The number of para-hydroxylation sites is 8. The lowest BCUT2D eigenvalue weighted by atomic mass is 10.0. The fourth-order valence-corrected chi connectivity index (χ4v) is 22.5. The van der Waals surface area contributed by atoms with Gasteiger partial charge >= 0.3 is 0 Å². The number of hydrogen-bond donors (Lipinski definition) is 0. The van der Waals surface area contributed by atoms with Crippen molar-refractivity contribution in [1.82, 2.24) is 18.3 Å². The first-order valence-corrected chi connectivity index (χ1v) is 35.6. The van der Waals surface area contributed by atoms with Gasteiger partial charge in [-0.15, -0.1) is 0 Å². The molecule has 0 aliphatic carbocycles. The molecule has 2 atom stereocenters. The fourth-order valence-electron chi connectivity index (χ4n) is 16.4. The molecule has 450 valence electrons. The lowest BCUT2D eigenvalue weighted by Crippen LogP contribution is -2.36. The van der Waals surface area contributed by atoms with Gasteiger partial charge in [0.05, 0.1) is 76.7 Å². The van der Waals surface area contributed by atoms with Crippen LogP contribution in [0, 0.1) is 0 Å². The Kier molecular flexibility index (Phi) is 10.3. The SMILES string of the molecule is O=P12c3ccc(-n4c5ccccc5c5ccccc54)cc3Oc3cccc(c31)Oc1cc(-n3c4ccccc4c4cc(-c5ccc6c(c5)c5ccccc5n6-c5cc(-n6c7ccccc7c7ccccc76)c6c7c5Oc5ccccc5P7(=O)c5ccccc5O6)ccc43)ccc12. The molecule has 0 saturated carbocycles. The van der Waals surface area contributed by atoms with E-state index in [9.17, 15) is 0 Å². The van der Waals surface area contributed by atoms with Crippen LogP contribution in [0.25, 0.3) is 121 Å². The van der Waals surface area contributed by atoms with E-state index in [1.165, 1.54) is 0 Å². The van der Waals surface area contributed by atoms with Gasteiger partial charge in [0.15, 0.2) is 25.8 Å². The number of rotatable bonds is 5. The van der Waals surface area contributed by atoms with E-state index in [1.54, 1.807) is 0 Å². The molecule has 18 aromatic rings. The molecule has 0 amide bonds. The van der Waals surface area contributed by atoms with Gasteiger partial charge in [-0.2, -0.15) is 0 Å². The van der Waals surface area contributed by atoms with Crippen molar-refractivity contribution < 1.29 is 28.1 Å². The van der Waals surface area contributed by atoms with E-state index in [0.29, 0.717) is 77.8 Å². The number of benzene rings is 14. The number of fused-ring (bicyclic) bond motifs is 20. The summed E-state index contributed by atoms with van der Waals surface area (Å²) >= 11 is 0. The van der Waals surface area contributed by atoms with Gasteiger partial charge < -0.3 is 46.3 Å². The van der Waals surface area contributed by atoms with Crippen molar-refractivity contribution in [3.63, 3.8) is 0 Å². The summed E-state index contributed by atoms with van der Waals surface area (Å²) in [5, 5.41) is 12.5. The summed E-state index contributed by atoms with van der Waals surface area (Å²) in [6.45, 7) is 0. The van der Waals surface area contributed by atoms with E-state index in [0.717, 1.165) is 121 Å². The first kappa shape index (κ1) is 52.4. The predicted octanol–water partition coefficient (Wildman–Crippen LogP) is 19.4. The molecular weight excluding hydrogens is 1220 g/mol. The average molecular weight is 1270 g/mol. The standard InChI is InChI=1S/C84H48N4O6P2/c89-95-79-42-38-51(85-61-24-7-1-18-53(61)54-19-2-8-25-62(54)85)46-75(79)91-73-32-17-33-74(83(73)95)92-76-47-52(39-43-80(76)95)86-63-26-9-5-22-57(63)59-44-49(36-40-67(59)86)50-37-41-68-60(45-50)58-23-6-12-29-66(58)88(68)70-48-69(87-64-27-10-3-20-55(64)56-21-4-11-28-65(56)87)81-84-82(70)94-72-31-14-16-35-78(72)96(84,90)77-34-15-13-30-71(77)93-81/h1-48H. The Hall–Kier alpha value is -12.1. The minimum absolute atomic E-state index is 0.498. The highest BCUT2D eigenvalue weighted by Crippen LogP contribution is 2.62. The van der Waals surface area contributed by atoms with E-state index in [-0.39, 0.29) is 0 Å². The first-order chi connectivity index (χ1) is 47.4. The highest BCUT2D eigenvalue weighted by molar-refractivity contribution is 7.86. The van der Waals surface area contributed by atoms with Gasteiger partial charge in [0, 0.05) is 66.6 Å². The predicted molar refractivity (Wildman–Crippen MR) is 388 cm³/mol. The van der Waals surface area contributed by atoms with Crippen molar-refractivity contribution in [2.45, 2.75) is 0 Å². The molecule has 8 heterocycles. The normalized spacial score (nSPS) is 16.2. The molecule has 14 aromatic carbocycles. The summed E-state index contributed by atoms with van der Waals surface area (Å²) in [7, 11) is -7.22. The van der Waals surface area contributed by atoms with Gasteiger partial charge in [0.2, 0.25) is 0 Å². The zero-order valence-electron chi connectivity index (χ0n) is 50.8. The molecule has 4 aromatic heterocycles. The molecule has 10 nitrogen and oxygen atoms in total. The van der Waals surface area contributed by atoms with Crippen molar-refractivity contribution in [2.24, 2.45) is 0 Å². The Bertz CT molecular complexity index is 6580. The zero-order valence-corrected chi connectivity index (χ0v) is 52.6. The molecule has 0 bridgehead atoms. The number of aromatic nitrogens is 4. The molecule has 96 heavy (non-hydrogen) atoms. The lowest BCUT2D eigenvalue weighted by molar-refractivity contribution is 0.459. The Morgan fingerprint density at radius 2 is 0.552 bits per heavy atom. The van der Waals surface area contributed by atoms with Crippen molar-refractivity contribution in [3.05, 3.63) is 291 Å². The van der Waals surface area contributed by atoms with Gasteiger partial charge in [-0.25, -0.2) is 0 Å². The van der Waals surface area contributed by atoms with Crippen LogP contribution in [0.15, 0.2) is 291 Å². The van der Waals surface area contributed by atoms with Crippen LogP contribution in [0.4, 0.5) is 0 Å². The Labute approximate surface area is 547 Å². The van der Waals surface area contributed by atoms with Crippen molar-refractivity contribution >= 4 is 133 Å². The molecule has 2 unspecified atom stereocenters. The third kappa shape index (κ3) is 6.75. The quantitative estimate of drug-likeness (QED) is 0.160. The second-order valence-corrected chi connectivity index (χ2v) is 30.6. The minimum Gasteiger partial charge on any atom is -0.456 e. The van der Waals surface area contributed by atoms with E-state index >= 15 is 9.13 Å². The zero-order chi connectivity index (χ0) is 62.9. The highest BCUT2D eigenvalue weighted by atomic mass is 31.2. The van der Waals surface area contributed by atoms with Crippen molar-refractivity contribution in [3.8, 4) is 79.9 Å². The molecule has 0 N–H and O–H groups in total. The second-order valence-electron chi connectivity index (χ2n) is 25.3. The third-order valence-corrected chi connectivity index (χ3v) is 26.7. The molecule has 0 saturated heterocycles. The first-order valence-electron chi connectivity index (χ1n) is 32.2. The van der Waals surface area contributed by atoms with E-state index in [1.807, 2.05) is 91.0 Å². The second kappa shape index (κ2) is 18.8. The summed E-state index contributed by atoms with van der Waals surface area (Å²) in [5.74, 6) is 4.29. The maximum atomic E-state index is 17.0. The molecule has 22 rings (SSSR count). The van der Waals surface area contributed by atoms with E-state index in [2.05, 4.69) is 218 Å². The van der Waals surface area contributed by atoms with E-state index < -0.39 is 14.3 Å². The summed E-state index contributed by atoms with van der Waals surface area (Å²) in [6.07, 6.45) is 0. The van der Waals surface area contributed by atoms with Gasteiger partial charge in [-0.1, -0.05) is 152 Å². The maximum absolute atomic E-state index is 17.0. The summed E-state index contributed by atoms with van der Waals surface area (Å²) in [5.41, 5.74) is 13.5. The Morgan fingerprint density at radius 3 is 0.979 bits per heavy atom. The average Bonchev–Trinajstić information content (AvgIpc) is 0.820. The Morgan fingerprint density at radius 1 is 0.229 bits per heavy atom. The molecule has 0 radical (unpaired) electrons. The number of nitrogens with zero attached hydrogens (tertiary/aromatic N) is 4. The minimum atomic E-state index is -3.67. The summed E-state index contributed by atoms with van der Waals surface area (Å²) in [6, 6.07) is 100.0. The number of ether oxygens (including phenoxy) is 4.